The van der Waals surface area contributed by atoms with E-state index in [2.05, 4.69) is 21.3 Å². The molecular weight excluding hydrogens is 532 g/mol. The molecule has 2 aromatic rings. The first-order valence-electron chi connectivity index (χ1n) is 13.1. The maximum absolute atomic E-state index is 13.0. The number of nitrogens with one attached hydrogen (secondary N) is 4. The Kier molecular flexibility index (Phi) is 12.5. The third-order valence-electron chi connectivity index (χ3n) is 5.58. The van der Waals surface area contributed by atoms with Gasteiger partial charge in [-0.2, -0.15) is 0 Å². The molecule has 0 aromatic heterocycles. The quantitative estimate of drug-likeness (QED) is 0.228. The lowest BCUT2D eigenvalue weighted by molar-refractivity contribution is -0.140. The molecule has 0 saturated carbocycles. The van der Waals surface area contributed by atoms with E-state index in [1.54, 1.807) is 69.3 Å². The number of hydrogen-bond acceptors (Lipinski definition) is 7. The largest absolute Gasteiger partial charge is 0.481 e. The molecule has 0 radical (unpaired) electrons. The van der Waals surface area contributed by atoms with Crippen molar-refractivity contribution in [3.05, 3.63) is 71.8 Å². The Morgan fingerprint density at radius 1 is 0.854 bits per heavy atom. The van der Waals surface area contributed by atoms with Gasteiger partial charge in [0.2, 0.25) is 17.7 Å². The Bertz CT molecular complexity index is 1210. The number of hydrogen-bond donors (Lipinski definition) is 5. The summed E-state index contributed by atoms with van der Waals surface area (Å²) in [6.07, 6.45) is -0.557. The fourth-order valence-electron chi connectivity index (χ4n) is 3.73. The van der Waals surface area contributed by atoms with Crippen molar-refractivity contribution in [3.63, 3.8) is 0 Å². The third-order valence-corrected chi connectivity index (χ3v) is 5.58. The summed E-state index contributed by atoms with van der Waals surface area (Å²) < 4.78 is 5.20. The van der Waals surface area contributed by atoms with Gasteiger partial charge in [0.05, 0.1) is 18.9 Å². The number of amides is 5. The number of carbonyl (C=O) groups excluding carboxylic acids is 5. The molecule has 0 unspecified atom stereocenters. The number of carboxylic acids is 1. The lowest BCUT2D eigenvalue weighted by atomic mass is 9.93. The van der Waals surface area contributed by atoms with Crippen LogP contribution in [0.25, 0.3) is 0 Å². The average molecular weight is 569 g/mol. The molecule has 0 spiro atoms. The Morgan fingerprint density at radius 3 is 2.05 bits per heavy atom. The number of rotatable bonds is 13. The average Bonchev–Trinajstić information content (AvgIpc) is 2.91. The summed E-state index contributed by atoms with van der Waals surface area (Å²) in [4.78, 5) is 73.6. The highest BCUT2D eigenvalue weighted by Gasteiger charge is 2.27. The summed E-state index contributed by atoms with van der Waals surface area (Å²) in [5.74, 6) is -5.05. The molecule has 0 aliphatic rings. The second-order valence-electron chi connectivity index (χ2n) is 10.2. The molecule has 5 amide bonds. The predicted molar refractivity (Wildman–Crippen MR) is 149 cm³/mol. The lowest BCUT2D eigenvalue weighted by Gasteiger charge is -2.20. The van der Waals surface area contributed by atoms with E-state index < -0.39 is 66.2 Å². The summed E-state index contributed by atoms with van der Waals surface area (Å²) in [6.45, 7) is 4.98. The van der Waals surface area contributed by atoms with Crippen molar-refractivity contribution in [2.75, 3.05) is 13.1 Å². The maximum Gasteiger partial charge on any atom is 0.407 e. The number of carbonyl (C=O) groups is 6. The molecule has 12 nitrogen and oxygen atoms in total. The van der Waals surface area contributed by atoms with Crippen molar-refractivity contribution in [3.8, 4) is 0 Å². The first kappa shape index (κ1) is 32.5. The zero-order valence-electron chi connectivity index (χ0n) is 23.3. The second-order valence-corrected chi connectivity index (χ2v) is 10.2. The molecule has 5 N–H and O–H groups in total. The van der Waals surface area contributed by atoms with Gasteiger partial charge in [-0.1, -0.05) is 48.5 Å². The van der Waals surface area contributed by atoms with Gasteiger partial charge in [-0.3, -0.25) is 29.3 Å². The van der Waals surface area contributed by atoms with Crippen molar-refractivity contribution in [1.82, 2.24) is 21.3 Å². The summed E-state index contributed by atoms with van der Waals surface area (Å²) in [6, 6.07) is 15.1. The SMILES string of the molecule is CC(C)(C)OC(=O)NCCC[C@H](C(=O)NCC(=O)N[C@@H](CC(=O)O)C(=O)NC(=O)c1ccccc1)c1ccccc1. The zero-order chi connectivity index (χ0) is 30.4. The molecule has 41 heavy (non-hydrogen) atoms. The van der Waals surface area contributed by atoms with Crippen LogP contribution < -0.4 is 21.3 Å². The van der Waals surface area contributed by atoms with Crippen LogP contribution in [0.5, 0.6) is 0 Å². The molecule has 12 heteroatoms. The molecule has 0 heterocycles. The molecule has 2 aromatic carbocycles. The minimum Gasteiger partial charge on any atom is -0.481 e. The number of carboxylic acid groups (broad SMARTS) is 1. The highest BCUT2D eigenvalue weighted by molar-refractivity contribution is 6.07. The van der Waals surface area contributed by atoms with Crippen molar-refractivity contribution < 1.29 is 38.6 Å². The van der Waals surface area contributed by atoms with Crippen LogP contribution in [0.4, 0.5) is 4.79 Å². The van der Waals surface area contributed by atoms with Crippen molar-refractivity contribution >= 4 is 35.7 Å². The lowest BCUT2D eigenvalue weighted by Crippen LogP contribution is -2.51. The molecule has 0 bridgehead atoms. The van der Waals surface area contributed by atoms with Gasteiger partial charge < -0.3 is 25.8 Å². The molecular formula is C29H36N4O8. The van der Waals surface area contributed by atoms with Gasteiger partial charge in [-0.25, -0.2) is 4.79 Å². The molecule has 220 valence electrons. The standard InChI is InChI=1S/C29H36N4O8/c1-29(2,3)41-28(40)30-16-10-15-21(19-11-6-4-7-12-19)26(38)31-18-23(34)32-22(17-24(35)36)27(39)33-25(37)20-13-8-5-9-14-20/h4-9,11-14,21-22H,10,15-18H2,1-3H3,(H,30,40)(H,31,38)(H,32,34)(H,35,36)(H,33,37,39)/t21-,22-/m0/s1. The molecule has 0 aliphatic heterocycles. The van der Waals surface area contributed by atoms with E-state index in [1.165, 1.54) is 12.1 Å². The Balaban J connectivity index is 1.95. The summed E-state index contributed by atoms with van der Waals surface area (Å²) >= 11 is 0. The normalized spacial score (nSPS) is 12.3. The van der Waals surface area contributed by atoms with Gasteiger partial charge in [0.15, 0.2) is 0 Å². The molecule has 2 rings (SSSR count). The van der Waals surface area contributed by atoms with Crippen LogP contribution in [0.1, 0.15) is 61.9 Å². The molecule has 0 saturated heterocycles. The number of ether oxygens (including phenoxy) is 1. The van der Waals surface area contributed by atoms with Gasteiger partial charge in [-0.15, -0.1) is 0 Å². The number of benzene rings is 2. The molecule has 0 aliphatic carbocycles. The van der Waals surface area contributed by atoms with E-state index in [0.717, 1.165) is 0 Å². The van der Waals surface area contributed by atoms with Gasteiger partial charge in [0.1, 0.15) is 11.6 Å². The summed E-state index contributed by atoms with van der Waals surface area (Å²) in [5, 5.41) is 18.7. The van der Waals surface area contributed by atoms with Crippen LogP contribution >= 0.6 is 0 Å². The minimum absolute atomic E-state index is 0.182. The van der Waals surface area contributed by atoms with E-state index >= 15 is 0 Å². The molecule has 2 atom stereocenters. The monoisotopic (exact) mass is 568 g/mol. The fraction of sp³-hybridized carbons (Fsp3) is 0.379. The van der Waals surface area contributed by atoms with Gasteiger partial charge in [-0.05, 0) is 51.3 Å². The van der Waals surface area contributed by atoms with Crippen LogP contribution in [-0.2, 0) is 23.9 Å². The van der Waals surface area contributed by atoms with Gasteiger partial charge in [0, 0.05) is 12.1 Å². The van der Waals surface area contributed by atoms with E-state index in [-0.39, 0.29) is 12.1 Å². The van der Waals surface area contributed by atoms with Crippen LogP contribution in [-0.4, -0.2) is 65.5 Å². The van der Waals surface area contributed by atoms with Gasteiger partial charge in [0.25, 0.3) is 5.91 Å². The first-order valence-corrected chi connectivity index (χ1v) is 13.1. The van der Waals surface area contributed by atoms with E-state index in [0.29, 0.717) is 18.4 Å². The van der Waals surface area contributed by atoms with E-state index in [1.807, 2.05) is 0 Å². The maximum atomic E-state index is 13.0. The van der Waals surface area contributed by atoms with Crippen LogP contribution in [0.3, 0.4) is 0 Å². The Hall–Kier alpha value is -4.74. The Morgan fingerprint density at radius 2 is 1.46 bits per heavy atom. The molecule has 0 fully saturated rings. The van der Waals surface area contributed by atoms with Crippen molar-refractivity contribution in [2.24, 2.45) is 0 Å². The van der Waals surface area contributed by atoms with Crippen LogP contribution in [0, 0.1) is 0 Å². The number of imide groups is 1. The first-order chi connectivity index (χ1) is 19.4. The zero-order valence-corrected chi connectivity index (χ0v) is 23.3. The highest BCUT2D eigenvalue weighted by atomic mass is 16.6. The third kappa shape index (κ3) is 12.3. The van der Waals surface area contributed by atoms with Crippen LogP contribution in [0.2, 0.25) is 0 Å². The summed E-state index contributed by atoms with van der Waals surface area (Å²) in [5.41, 5.74) is 0.241. The van der Waals surface area contributed by atoms with Crippen molar-refractivity contribution in [2.45, 2.75) is 57.6 Å². The predicted octanol–water partition coefficient (Wildman–Crippen LogP) is 2.11. The number of alkyl carbamates (subject to hydrolysis) is 1. The van der Waals surface area contributed by atoms with Crippen molar-refractivity contribution in [1.29, 1.82) is 0 Å². The Labute approximate surface area is 238 Å². The minimum atomic E-state index is -1.55. The summed E-state index contributed by atoms with van der Waals surface area (Å²) in [7, 11) is 0. The topological polar surface area (TPSA) is 180 Å². The van der Waals surface area contributed by atoms with Gasteiger partial charge >= 0.3 is 12.1 Å². The van der Waals surface area contributed by atoms with Crippen LogP contribution in [0.15, 0.2) is 60.7 Å². The second kappa shape index (κ2) is 15.8. The van der Waals surface area contributed by atoms with E-state index in [4.69, 9.17) is 4.74 Å². The highest BCUT2D eigenvalue weighted by Crippen LogP contribution is 2.21. The number of aliphatic carboxylic acids is 1. The van der Waals surface area contributed by atoms with E-state index in [9.17, 15) is 33.9 Å². The smallest absolute Gasteiger partial charge is 0.407 e. The fourth-order valence-corrected chi connectivity index (χ4v) is 3.73.